The Morgan fingerprint density at radius 1 is 1.14 bits per heavy atom. The summed E-state index contributed by atoms with van der Waals surface area (Å²) in [6, 6.07) is 12.4. The van der Waals surface area contributed by atoms with Gasteiger partial charge in [0, 0.05) is 18.3 Å². The maximum Gasteiger partial charge on any atom is 0.200 e. The molecule has 1 fully saturated rings. The van der Waals surface area contributed by atoms with E-state index in [-0.39, 0.29) is 0 Å². The van der Waals surface area contributed by atoms with Gasteiger partial charge in [0.05, 0.1) is 0 Å². The predicted octanol–water partition coefficient (Wildman–Crippen LogP) is 1.27. The molecule has 0 amide bonds. The number of rotatable bonds is 4. The van der Waals surface area contributed by atoms with Crippen molar-refractivity contribution in [1.82, 2.24) is 25.3 Å². The van der Waals surface area contributed by atoms with Crippen LogP contribution in [-0.4, -0.2) is 31.3 Å². The Hall–Kier alpha value is -2.70. The molecule has 2 aromatic heterocycles. The molecule has 0 spiro atoms. The molecule has 2 N–H and O–H groups in total. The van der Waals surface area contributed by atoms with E-state index in [1.807, 2.05) is 24.3 Å². The molecule has 0 radical (unpaired) electrons. The maximum absolute atomic E-state index is 5.74. The number of tetrazole rings is 1. The molecule has 0 aliphatic heterocycles. The number of benzene rings is 1. The Balaban J connectivity index is 1.65. The number of hydrogen-bond donors (Lipinski definition) is 1. The first-order valence-corrected chi connectivity index (χ1v) is 6.96. The lowest BCUT2D eigenvalue weighted by Gasteiger charge is -2.23. The highest BCUT2D eigenvalue weighted by Gasteiger charge is 2.30. The van der Waals surface area contributed by atoms with E-state index in [2.05, 4.69) is 37.7 Å². The van der Waals surface area contributed by atoms with E-state index >= 15 is 0 Å². The molecule has 7 heteroatoms. The topological polar surface area (TPSA) is 85.2 Å². The second-order valence-electron chi connectivity index (χ2n) is 5.32. The minimum atomic E-state index is 0.545. The first-order chi connectivity index (χ1) is 10.3. The van der Waals surface area contributed by atoms with E-state index < -0.39 is 0 Å². The Morgan fingerprint density at radius 3 is 2.71 bits per heavy atom. The summed E-state index contributed by atoms with van der Waals surface area (Å²) in [7, 11) is 0. The lowest BCUT2D eigenvalue weighted by atomic mass is 10.2. The molecule has 106 valence electrons. The lowest BCUT2D eigenvalue weighted by molar-refractivity contribution is 0.699. The summed E-state index contributed by atoms with van der Waals surface area (Å²) in [5, 5.41) is 15.9. The van der Waals surface area contributed by atoms with Crippen molar-refractivity contribution >= 4 is 17.2 Å². The summed E-state index contributed by atoms with van der Waals surface area (Å²) < 4.78 is 1.47. The fourth-order valence-corrected chi connectivity index (χ4v) is 2.40. The molecule has 3 aromatic rings. The van der Waals surface area contributed by atoms with Gasteiger partial charge in [0.25, 0.3) is 0 Å². The molecule has 21 heavy (non-hydrogen) atoms. The minimum Gasteiger partial charge on any atom is -0.399 e. The van der Waals surface area contributed by atoms with Crippen LogP contribution in [0.4, 0.5) is 11.5 Å². The maximum atomic E-state index is 5.74. The zero-order valence-electron chi connectivity index (χ0n) is 11.4. The average molecular weight is 281 g/mol. The smallest absolute Gasteiger partial charge is 0.200 e. The van der Waals surface area contributed by atoms with Crippen LogP contribution in [0.3, 0.4) is 0 Å². The van der Waals surface area contributed by atoms with Crippen LogP contribution >= 0.6 is 0 Å². The highest BCUT2D eigenvalue weighted by Crippen LogP contribution is 2.32. The van der Waals surface area contributed by atoms with Crippen molar-refractivity contribution < 1.29 is 0 Å². The highest BCUT2D eigenvalue weighted by molar-refractivity contribution is 5.47. The lowest BCUT2D eigenvalue weighted by Crippen LogP contribution is -2.26. The van der Waals surface area contributed by atoms with Gasteiger partial charge >= 0.3 is 0 Å². The summed E-state index contributed by atoms with van der Waals surface area (Å²) in [4.78, 5) is 2.30. The van der Waals surface area contributed by atoms with Crippen LogP contribution in [0, 0.1) is 0 Å². The van der Waals surface area contributed by atoms with Crippen molar-refractivity contribution in [2.24, 2.45) is 0 Å². The number of aromatic nitrogens is 5. The van der Waals surface area contributed by atoms with Gasteiger partial charge in [-0.3, -0.25) is 0 Å². The van der Waals surface area contributed by atoms with Crippen molar-refractivity contribution in [3.63, 3.8) is 0 Å². The molecule has 4 rings (SSSR count). The normalized spacial score (nSPS) is 14.5. The molecular formula is C14H15N7. The van der Waals surface area contributed by atoms with Gasteiger partial charge in [-0.25, -0.2) is 0 Å². The van der Waals surface area contributed by atoms with Gasteiger partial charge in [0.1, 0.15) is 0 Å². The van der Waals surface area contributed by atoms with Crippen LogP contribution in [0.2, 0.25) is 0 Å². The SMILES string of the molecule is Nc1ccc(CN(c2ccc3nnnn3n2)C2CC2)cc1. The Morgan fingerprint density at radius 2 is 1.95 bits per heavy atom. The number of fused-ring (bicyclic) bond motifs is 1. The molecule has 1 aliphatic carbocycles. The van der Waals surface area contributed by atoms with E-state index in [4.69, 9.17) is 5.73 Å². The summed E-state index contributed by atoms with van der Waals surface area (Å²) in [5.41, 5.74) is 8.39. The number of nitrogens with zero attached hydrogens (tertiary/aromatic N) is 6. The Kier molecular flexibility index (Phi) is 2.70. The zero-order chi connectivity index (χ0) is 14.2. The van der Waals surface area contributed by atoms with Crippen LogP contribution < -0.4 is 10.6 Å². The van der Waals surface area contributed by atoms with Crippen molar-refractivity contribution in [2.75, 3.05) is 10.6 Å². The monoisotopic (exact) mass is 281 g/mol. The third kappa shape index (κ3) is 2.37. The van der Waals surface area contributed by atoms with Crippen molar-refractivity contribution in [3.8, 4) is 0 Å². The summed E-state index contributed by atoms with van der Waals surface area (Å²) in [6.07, 6.45) is 2.40. The standard InChI is InChI=1S/C14H15N7/c15-11-3-1-10(2-4-11)9-20(12-5-6-12)14-8-7-13-16-18-19-21(13)17-14/h1-4,7-8,12H,5-6,9,15H2. The van der Waals surface area contributed by atoms with Gasteiger partial charge < -0.3 is 10.6 Å². The van der Waals surface area contributed by atoms with Crippen LogP contribution in [0.5, 0.6) is 0 Å². The second kappa shape index (κ2) is 4.69. The van der Waals surface area contributed by atoms with Gasteiger partial charge in [-0.15, -0.1) is 14.8 Å². The van der Waals surface area contributed by atoms with E-state index in [9.17, 15) is 0 Å². The van der Waals surface area contributed by atoms with Gasteiger partial charge in [-0.05, 0) is 53.1 Å². The Labute approximate surface area is 121 Å². The quantitative estimate of drug-likeness (QED) is 0.725. The van der Waals surface area contributed by atoms with E-state index in [1.165, 1.54) is 23.0 Å². The molecule has 0 atom stereocenters. The summed E-state index contributed by atoms with van der Waals surface area (Å²) in [6.45, 7) is 0.811. The highest BCUT2D eigenvalue weighted by atomic mass is 15.6. The van der Waals surface area contributed by atoms with Crippen LogP contribution in [-0.2, 0) is 6.54 Å². The molecule has 0 bridgehead atoms. The van der Waals surface area contributed by atoms with Crippen LogP contribution in [0.15, 0.2) is 36.4 Å². The molecule has 7 nitrogen and oxygen atoms in total. The number of nitrogens with two attached hydrogens (primary N) is 1. The summed E-state index contributed by atoms with van der Waals surface area (Å²) >= 11 is 0. The number of anilines is 2. The van der Waals surface area contributed by atoms with E-state index in [1.54, 1.807) is 0 Å². The fraction of sp³-hybridized carbons (Fsp3) is 0.286. The van der Waals surface area contributed by atoms with Gasteiger partial charge in [0.2, 0.25) is 0 Å². The fourth-order valence-electron chi connectivity index (χ4n) is 2.40. The molecular weight excluding hydrogens is 266 g/mol. The second-order valence-corrected chi connectivity index (χ2v) is 5.32. The molecule has 0 unspecified atom stereocenters. The molecule has 1 saturated carbocycles. The first kappa shape index (κ1) is 12.1. The van der Waals surface area contributed by atoms with Gasteiger partial charge in [-0.2, -0.15) is 0 Å². The van der Waals surface area contributed by atoms with Crippen molar-refractivity contribution in [2.45, 2.75) is 25.4 Å². The third-order valence-electron chi connectivity index (χ3n) is 3.67. The predicted molar refractivity (Wildman–Crippen MR) is 78.6 cm³/mol. The summed E-state index contributed by atoms with van der Waals surface area (Å²) in [5.74, 6) is 0.897. The average Bonchev–Trinajstić information content (AvgIpc) is 3.23. The van der Waals surface area contributed by atoms with Crippen molar-refractivity contribution in [3.05, 3.63) is 42.0 Å². The molecule has 0 saturated heterocycles. The van der Waals surface area contributed by atoms with Crippen LogP contribution in [0.1, 0.15) is 18.4 Å². The van der Waals surface area contributed by atoms with Crippen molar-refractivity contribution in [1.29, 1.82) is 0 Å². The third-order valence-corrected chi connectivity index (χ3v) is 3.67. The zero-order valence-corrected chi connectivity index (χ0v) is 11.4. The van der Waals surface area contributed by atoms with E-state index in [0.29, 0.717) is 11.7 Å². The molecule has 2 heterocycles. The van der Waals surface area contributed by atoms with Gasteiger partial charge in [0.15, 0.2) is 11.5 Å². The number of nitrogen functional groups attached to an aromatic ring is 1. The molecule has 1 aromatic carbocycles. The molecule has 1 aliphatic rings. The largest absolute Gasteiger partial charge is 0.399 e. The van der Waals surface area contributed by atoms with E-state index in [0.717, 1.165) is 18.1 Å². The van der Waals surface area contributed by atoms with Gasteiger partial charge in [-0.1, -0.05) is 12.1 Å². The number of hydrogen-bond acceptors (Lipinski definition) is 6. The first-order valence-electron chi connectivity index (χ1n) is 6.96. The Bertz CT molecular complexity index is 760. The minimum absolute atomic E-state index is 0.545. The van der Waals surface area contributed by atoms with Crippen LogP contribution in [0.25, 0.3) is 5.65 Å².